The molecule has 5 nitrogen and oxygen atoms in total. The van der Waals surface area contributed by atoms with Crippen molar-refractivity contribution in [1.29, 1.82) is 0 Å². The van der Waals surface area contributed by atoms with E-state index < -0.39 is 23.4 Å². The lowest BCUT2D eigenvalue weighted by Crippen LogP contribution is -2.54. The van der Waals surface area contributed by atoms with E-state index in [2.05, 4.69) is 26.6 Å². The summed E-state index contributed by atoms with van der Waals surface area (Å²) in [5, 5.41) is 13.9. The molecular weight excluding hydrogens is 331 g/mol. The van der Waals surface area contributed by atoms with Gasteiger partial charge in [0.25, 0.3) is 0 Å². The highest BCUT2D eigenvalue weighted by Gasteiger charge is 2.32. The minimum absolute atomic E-state index is 0.0988. The van der Waals surface area contributed by atoms with E-state index in [0.717, 1.165) is 0 Å². The molecule has 110 valence electrons. The van der Waals surface area contributed by atoms with Crippen LogP contribution >= 0.6 is 15.9 Å². The van der Waals surface area contributed by atoms with Gasteiger partial charge in [-0.15, -0.1) is 0 Å². The molecule has 1 aromatic rings. The number of carbonyl (C=O) groups is 2. The summed E-state index contributed by atoms with van der Waals surface area (Å²) in [6.07, 6.45) is 0.251. The highest BCUT2D eigenvalue weighted by atomic mass is 79.9. The van der Waals surface area contributed by atoms with Crippen LogP contribution in [-0.4, -0.2) is 22.6 Å². The van der Waals surface area contributed by atoms with E-state index in [9.17, 15) is 14.0 Å². The maximum atomic E-state index is 13.1. The lowest BCUT2D eigenvalue weighted by molar-refractivity contribution is -0.143. The number of rotatable bonds is 5. The van der Waals surface area contributed by atoms with Crippen LogP contribution in [0, 0.1) is 5.82 Å². The smallest absolute Gasteiger partial charge is 0.329 e. The summed E-state index contributed by atoms with van der Waals surface area (Å²) in [6.45, 7) is 3.19. The van der Waals surface area contributed by atoms with Gasteiger partial charge in [0.05, 0.1) is 0 Å². The van der Waals surface area contributed by atoms with E-state index in [0.29, 0.717) is 10.0 Å². The molecule has 0 fully saturated rings. The SMILES string of the molecule is CCC(C)(NC(=O)NCc1cc(F)cc(Br)c1)C(=O)O. The zero-order chi connectivity index (χ0) is 15.3. The number of hydrogen-bond donors (Lipinski definition) is 3. The molecule has 0 aromatic heterocycles. The molecule has 0 spiro atoms. The van der Waals surface area contributed by atoms with Crippen molar-refractivity contribution in [2.24, 2.45) is 0 Å². The summed E-state index contributed by atoms with van der Waals surface area (Å²) in [5.74, 6) is -1.52. The van der Waals surface area contributed by atoms with Crippen LogP contribution < -0.4 is 10.6 Å². The molecule has 0 aliphatic carbocycles. The largest absolute Gasteiger partial charge is 0.480 e. The third-order valence-corrected chi connectivity index (χ3v) is 3.40. The van der Waals surface area contributed by atoms with Crippen LogP contribution in [0.4, 0.5) is 9.18 Å². The fourth-order valence-electron chi connectivity index (χ4n) is 1.48. The lowest BCUT2D eigenvalue weighted by atomic mass is 10.00. The van der Waals surface area contributed by atoms with Crippen molar-refractivity contribution < 1.29 is 19.1 Å². The zero-order valence-corrected chi connectivity index (χ0v) is 12.8. The fourth-order valence-corrected chi connectivity index (χ4v) is 2.00. The predicted molar refractivity (Wildman–Crippen MR) is 75.8 cm³/mol. The molecule has 0 aliphatic heterocycles. The molecule has 1 atom stereocenters. The fraction of sp³-hybridized carbons (Fsp3) is 0.385. The van der Waals surface area contributed by atoms with Crippen LogP contribution in [0.1, 0.15) is 25.8 Å². The van der Waals surface area contributed by atoms with Gasteiger partial charge in [0, 0.05) is 11.0 Å². The molecule has 0 bridgehead atoms. The molecule has 0 radical (unpaired) electrons. The number of urea groups is 1. The minimum atomic E-state index is -1.33. The summed E-state index contributed by atoms with van der Waals surface area (Å²) >= 11 is 3.15. The van der Waals surface area contributed by atoms with Crippen LogP contribution in [0.5, 0.6) is 0 Å². The van der Waals surface area contributed by atoms with Crippen LogP contribution in [-0.2, 0) is 11.3 Å². The van der Waals surface area contributed by atoms with Gasteiger partial charge in [-0.1, -0.05) is 22.9 Å². The summed E-state index contributed by atoms with van der Waals surface area (Å²) in [4.78, 5) is 22.7. The molecule has 0 saturated heterocycles. The molecule has 1 unspecified atom stereocenters. The average Bonchev–Trinajstić information content (AvgIpc) is 2.35. The molecule has 1 aromatic carbocycles. The highest BCUT2D eigenvalue weighted by Crippen LogP contribution is 2.15. The van der Waals surface area contributed by atoms with Crippen LogP contribution in [0.15, 0.2) is 22.7 Å². The first-order valence-electron chi connectivity index (χ1n) is 6.01. The summed E-state index contributed by atoms with van der Waals surface area (Å²) < 4.78 is 13.7. The molecule has 20 heavy (non-hydrogen) atoms. The summed E-state index contributed by atoms with van der Waals surface area (Å²) in [5.41, 5.74) is -0.757. The molecule has 7 heteroatoms. The molecule has 2 amide bonds. The Bertz CT molecular complexity index is 504. The average molecular weight is 347 g/mol. The van der Waals surface area contributed by atoms with Crippen LogP contribution in [0.25, 0.3) is 0 Å². The van der Waals surface area contributed by atoms with Crippen molar-refractivity contribution >= 4 is 27.9 Å². The molecule has 1 rings (SSSR count). The normalized spacial score (nSPS) is 13.4. The number of carboxylic acids is 1. The number of nitrogens with one attached hydrogen (secondary N) is 2. The van der Waals surface area contributed by atoms with E-state index in [4.69, 9.17) is 5.11 Å². The van der Waals surface area contributed by atoms with Crippen LogP contribution in [0.3, 0.4) is 0 Å². The molecule has 3 N–H and O–H groups in total. The van der Waals surface area contributed by atoms with Crippen molar-refractivity contribution in [1.82, 2.24) is 10.6 Å². The second-order valence-corrected chi connectivity index (χ2v) is 5.49. The monoisotopic (exact) mass is 346 g/mol. The summed E-state index contributed by atoms with van der Waals surface area (Å²) in [6, 6.07) is 3.65. The van der Waals surface area contributed by atoms with Crippen molar-refractivity contribution in [3.63, 3.8) is 0 Å². The molecule has 0 heterocycles. The highest BCUT2D eigenvalue weighted by molar-refractivity contribution is 9.10. The Hall–Kier alpha value is -1.63. The second-order valence-electron chi connectivity index (χ2n) is 4.58. The quantitative estimate of drug-likeness (QED) is 0.766. The topological polar surface area (TPSA) is 78.4 Å². The minimum Gasteiger partial charge on any atom is -0.480 e. The number of aliphatic carboxylic acids is 1. The van der Waals surface area contributed by atoms with Gasteiger partial charge in [-0.3, -0.25) is 0 Å². The Balaban J connectivity index is 2.61. The van der Waals surface area contributed by atoms with Crippen molar-refractivity contribution in [3.8, 4) is 0 Å². The number of benzene rings is 1. The van der Waals surface area contributed by atoms with Gasteiger partial charge in [0.15, 0.2) is 0 Å². The van der Waals surface area contributed by atoms with Crippen LogP contribution in [0.2, 0.25) is 0 Å². The zero-order valence-electron chi connectivity index (χ0n) is 11.2. The Morgan fingerprint density at radius 1 is 1.40 bits per heavy atom. The van der Waals surface area contributed by atoms with E-state index in [1.165, 1.54) is 19.1 Å². The maximum absolute atomic E-state index is 13.1. The van der Waals surface area contributed by atoms with E-state index in [1.54, 1.807) is 13.0 Å². The van der Waals surface area contributed by atoms with Gasteiger partial charge in [0.1, 0.15) is 11.4 Å². The number of halogens is 2. The Morgan fingerprint density at radius 3 is 2.55 bits per heavy atom. The van der Waals surface area contributed by atoms with Gasteiger partial charge in [-0.05, 0) is 37.1 Å². The van der Waals surface area contributed by atoms with Gasteiger partial charge in [-0.2, -0.15) is 0 Å². The number of carbonyl (C=O) groups excluding carboxylic acids is 1. The van der Waals surface area contributed by atoms with Crippen molar-refractivity contribution in [2.45, 2.75) is 32.4 Å². The van der Waals surface area contributed by atoms with E-state index in [1.807, 2.05) is 0 Å². The molecule has 0 aliphatic rings. The Morgan fingerprint density at radius 2 is 2.05 bits per heavy atom. The van der Waals surface area contributed by atoms with E-state index >= 15 is 0 Å². The molecular formula is C13H16BrFN2O3. The van der Waals surface area contributed by atoms with Gasteiger partial charge in [-0.25, -0.2) is 14.0 Å². The third kappa shape index (κ3) is 4.48. The van der Waals surface area contributed by atoms with Gasteiger partial charge < -0.3 is 15.7 Å². The first-order chi connectivity index (χ1) is 9.26. The first-order valence-corrected chi connectivity index (χ1v) is 6.80. The predicted octanol–water partition coefficient (Wildman–Crippen LogP) is 2.64. The number of carboxylic acid groups (broad SMARTS) is 1. The first kappa shape index (κ1) is 16.4. The second kappa shape index (κ2) is 6.69. The maximum Gasteiger partial charge on any atom is 0.329 e. The lowest BCUT2D eigenvalue weighted by Gasteiger charge is -2.24. The Kier molecular flexibility index (Phi) is 5.50. The Labute approximate surface area is 124 Å². The van der Waals surface area contributed by atoms with Gasteiger partial charge in [0.2, 0.25) is 0 Å². The van der Waals surface area contributed by atoms with E-state index in [-0.39, 0.29) is 13.0 Å². The van der Waals surface area contributed by atoms with Crippen molar-refractivity contribution in [3.05, 3.63) is 34.1 Å². The molecule has 0 saturated carbocycles. The van der Waals surface area contributed by atoms with Gasteiger partial charge >= 0.3 is 12.0 Å². The van der Waals surface area contributed by atoms with Crippen molar-refractivity contribution in [2.75, 3.05) is 0 Å². The summed E-state index contributed by atoms with van der Waals surface area (Å²) in [7, 11) is 0. The number of hydrogen-bond acceptors (Lipinski definition) is 2. The third-order valence-electron chi connectivity index (χ3n) is 2.94. The standard InChI is InChI=1S/C13H16BrFN2O3/c1-3-13(2,11(18)19)17-12(20)16-7-8-4-9(14)6-10(15)5-8/h4-6H,3,7H2,1-2H3,(H,18,19)(H2,16,17,20). The number of amides is 2.